The molecule has 0 fully saturated rings. The number of sulfonamides is 1. The van der Waals surface area contributed by atoms with Crippen LogP contribution < -0.4 is 15.0 Å². The Balaban J connectivity index is 2.14. The Labute approximate surface area is 180 Å². The summed E-state index contributed by atoms with van der Waals surface area (Å²) in [6.07, 6.45) is 1.57. The van der Waals surface area contributed by atoms with Crippen molar-refractivity contribution in [3.63, 3.8) is 0 Å². The molecule has 0 aliphatic carbocycles. The zero-order chi connectivity index (χ0) is 22.8. The van der Waals surface area contributed by atoms with E-state index >= 15 is 0 Å². The molecule has 0 saturated carbocycles. The van der Waals surface area contributed by atoms with E-state index in [0.29, 0.717) is 22.4 Å². The van der Waals surface area contributed by atoms with Crippen molar-refractivity contribution in [2.45, 2.75) is 26.0 Å². The van der Waals surface area contributed by atoms with Crippen LogP contribution in [0.4, 0.5) is 5.82 Å². The molecule has 10 heteroatoms. The molecule has 3 aromatic rings. The minimum absolute atomic E-state index is 0.00893. The van der Waals surface area contributed by atoms with Crippen LogP contribution in [0.15, 0.2) is 47.4 Å². The molecule has 31 heavy (non-hydrogen) atoms. The first-order valence-corrected chi connectivity index (χ1v) is 10.9. The van der Waals surface area contributed by atoms with E-state index in [1.54, 1.807) is 58.3 Å². The number of aromatic nitrogens is 3. The van der Waals surface area contributed by atoms with E-state index in [2.05, 4.69) is 20.8 Å². The number of hydrogen-bond donors (Lipinski definition) is 1. The van der Waals surface area contributed by atoms with Gasteiger partial charge in [0.15, 0.2) is 5.75 Å². The second kappa shape index (κ2) is 8.57. The van der Waals surface area contributed by atoms with Crippen LogP contribution in [0.2, 0.25) is 0 Å². The number of aryl methyl sites for hydroxylation is 2. The van der Waals surface area contributed by atoms with Gasteiger partial charge in [0.25, 0.3) is 0 Å². The first kappa shape index (κ1) is 22.0. The molecule has 0 aliphatic rings. The molecule has 2 heterocycles. The molecule has 0 amide bonds. The largest absolute Gasteiger partial charge is 0.423 e. The van der Waals surface area contributed by atoms with E-state index in [-0.39, 0.29) is 23.1 Å². The topological polar surface area (TPSA) is 127 Å². The summed E-state index contributed by atoms with van der Waals surface area (Å²) in [5.41, 5.74) is 1.69. The summed E-state index contributed by atoms with van der Waals surface area (Å²) in [6.45, 7) is 4.86. The number of benzene rings is 1. The van der Waals surface area contributed by atoms with Crippen LogP contribution in [0, 0.1) is 18.3 Å². The van der Waals surface area contributed by atoms with Crippen molar-refractivity contribution >= 4 is 15.8 Å². The number of rotatable bonds is 6. The predicted octanol–water partition coefficient (Wildman–Crippen LogP) is 2.96. The average Bonchev–Trinajstić information content (AvgIpc) is 2.71. The number of anilines is 1. The SMILES string of the molecule is Cc1cccc(C#N)c1Oc1nc(NS(=O)(=O)C(C)C)cc(-c2ccc(=O)n(C)c2)n1. The third-order valence-electron chi connectivity index (χ3n) is 4.48. The average molecular weight is 439 g/mol. The van der Waals surface area contributed by atoms with Crippen molar-refractivity contribution in [2.24, 2.45) is 7.05 Å². The number of pyridine rings is 1. The van der Waals surface area contributed by atoms with Gasteiger partial charge in [0, 0.05) is 30.9 Å². The molecule has 0 bridgehead atoms. The lowest BCUT2D eigenvalue weighted by molar-refractivity contribution is 0.439. The number of para-hydroxylation sites is 1. The minimum Gasteiger partial charge on any atom is -0.423 e. The van der Waals surface area contributed by atoms with Gasteiger partial charge in [-0.25, -0.2) is 8.42 Å². The molecular weight excluding hydrogens is 418 g/mol. The number of hydrogen-bond acceptors (Lipinski definition) is 7. The molecule has 3 rings (SSSR count). The minimum atomic E-state index is -3.68. The van der Waals surface area contributed by atoms with Crippen LogP contribution in [0.5, 0.6) is 11.8 Å². The third-order valence-corrected chi connectivity index (χ3v) is 6.22. The Hall–Kier alpha value is -3.71. The smallest absolute Gasteiger partial charge is 0.324 e. The van der Waals surface area contributed by atoms with Gasteiger partial charge in [-0.2, -0.15) is 15.2 Å². The number of nitrogens with zero attached hydrogens (tertiary/aromatic N) is 4. The molecule has 160 valence electrons. The van der Waals surface area contributed by atoms with Crippen molar-refractivity contribution < 1.29 is 13.2 Å². The van der Waals surface area contributed by atoms with E-state index in [9.17, 15) is 18.5 Å². The zero-order valence-electron chi connectivity index (χ0n) is 17.4. The van der Waals surface area contributed by atoms with Gasteiger partial charge < -0.3 is 9.30 Å². The predicted molar refractivity (Wildman–Crippen MR) is 116 cm³/mol. The van der Waals surface area contributed by atoms with Gasteiger partial charge in [0.1, 0.15) is 11.9 Å². The van der Waals surface area contributed by atoms with Gasteiger partial charge in [-0.05, 0) is 38.5 Å². The van der Waals surface area contributed by atoms with Gasteiger partial charge >= 0.3 is 6.01 Å². The summed E-state index contributed by atoms with van der Waals surface area (Å²) in [7, 11) is -2.08. The van der Waals surface area contributed by atoms with E-state index < -0.39 is 15.3 Å². The molecule has 9 nitrogen and oxygen atoms in total. The van der Waals surface area contributed by atoms with E-state index in [0.717, 1.165) is 0 Å². The number of nitrogens with one attached hydrogen (secondary N) is 1. The fourth-order valence-corrected chi connectivity index (χ4v) is 3.28. The Bertz CT molecular complexity index is 1340. The Morgan fingerprint density at radius 2 is 1.94 bits per heavy atom. The molecule has 1 N–H and O–H groups in total. The molecule has 1 aromatic carbocycles. The molecule has 0 unspecified atom stereocenters. The second-order valence-corrected chi connectivity index (χ2v) is 9.39. The third kappa shape index (κ3) is 4.90. The van der Waals surface area contributed by atoms with E-state index in [4.69, 9.17) is 4.74 Å². The molecule has 0 radical (unpaired) electrons. The van der Waals surface area contributed by atoms with Gasteiger partial charge in [-0.3, -0.25) is 9.52 Å². The summed E-state index contributed by atoms with van der Waals surface area (Å²) < 4.78 is 34.4. The lowest BCUT2D eigenvalue weighted by Gasteiger charge is -2.14. The highest BCUT2D eigenvalue weighted by atomic mass is 32.2. The van der Waals surface area contributed by atoms with Crippen LogP contribution >= 0.6 is 0 Å². The highest BCUT2D eigenvalue weighted by molar-refractivity contribution is 7.93. The quantitative estimate of drug-likeness (QED) is 0.625. The molecule has 2 aromatic heterocycles. The van der Waals surface area contributed by atoms with E-state index in [1.807, 2.05) is 0 Å². The van der Waals surface area contributed by atoms with Crippen molar-refractivity contribution in [3.05, 3.63) is 64.1 Å². The Kier molecular flexibility index (Phi) is 6.08. The fourth-order valence-electron chi connectivity index (χ4n) is 2.65. The summed E-state index contributed by atoms with van der Waals surface area (Å²) >= 11 is 0. The van der Waals surface area contributed by atoms with Crippen molar-refractivity contribution in [1.82, 2.24) is 14.5 Å². The van der Waals surface area contributed by atoms with Crippen LogP contribution in [0.3, 0.4) is 0 Å². The first-order valence-electron chi connectivity index (χ1n) is 9.36. The maximum atomic E-state index is 12.4. The second-order valence-electron chi connectivity index (χ2n) is 7.15. The highest BCUT2D eigenvalue weighted by Crippen LogP contribution is 2.29. The fraction of sp³-hybridized carbons (Fsp3) is 0.238. The summed E-state index contributed by atoms with van der Waals surface area (Å²) in [5, 5.41) is 8.70. The van der Waals surface area contributed by atoms with Gasteiger partial charge in [-0.15, -0.1) is 0 Å². The van der Waals surface area contributed by atoms with Crippen LogP contribution in [0.1, 0.15) is 25.0 Å². The lowest BCUT2D eigenvalue weighted by Crippen LogP contribution is -2.23. The monoisotopic (exact) mass is 439 g/mol. The van der Waals surface area contributed by atoms with E-state index in [1.165, 1.54) is 16.7 Å². The van der Waals surface area contributed by atoms with Crippen molar-refractivity contribution in [1.29, 1.82) is 5.26 Å². The molecule has 0 atom stereocenters. The van der Waals surface area contributed by atoms with Crippen LogP contribution in [-0.4, -0.2) is 28.2 Å². The standard InChI is InChI=1S/C21H21N5O4S/c1-13(2)31(28,29)25-18-10-17(16-8-9-19(27)26(4)12-16)23-21(24-18)30-20-14(3)6-5-7-15(20)11-22/h5-10,12-13H,1-4H3,(H,23,24,25). The van der Waals surface area contributed by atoms with Gasteiger partial charge in [-0.1, -0.05) is 12.1 Å². The van der Waals surface area contributed by atoms with Gasteiger partial charge in [0.2, 0.25) is 15.6 Å². The number of ether oxygens (including phenoxy) is 1. The van der Waals surface area contributed by atoms with Crippen molar-refractivity contribution in [2.75, 3.05) is 4.72 Å². The Morgan fingerprint density at radius 1 is 1.19 bits per heavy atom. The molecule has 0 saturated heterocycles. The highest BCUT2D eigenvalue weighted by Gasteiger charge is 2.19. The Morgan fingerprint density at radius 3 is 2.58 bits per heavy atom. The summed E-state index contributed by atoms with van der Waals surface area (Å²) in [6, 6.07) is 11.4. The summed E-state index contributed by atoms with van der Waals surface area (Å²) in [5.74, 6) is 0.287. The van der Waals surface area contributed by atoms with Crippen molar-refractivity contribution in [3.8, 4) is 29.1 Å². The molecular formula is C21H21N5O4S. The maximum absolute atomic E-state index is 12.4. The normalized spacial score (nSPS) is 11.2. The van der Waals surface area contributed by atoms with Crippen LogP contribution in [-0.2, 0) is 17.1 Å². The molecule has 0 spiro atoms. The first-order chi connectivity index (χ1) is 14.6. The van der Waals surface area contributed by atoms with Crippen LogP contribution in [0.25, 0.3) is 11.3 Å². The number of nitriles is 1. The molecule has 0 aliphatic heterocycles. The van der Waals surface area contributed by atoms with Gasteiger partial charge in [0.05, 0.1) is 16.5 Å². The maximum Gasteiger partial charge on any atom is 0.324 e. The zero-order valence-corrected chi connectivity index (χ0v) is 18.3. The lowest BCUT2D eigenvalue weighted by atomic mass is 10.1. The summed E-state index contributed by atoms with van der Waals surface area (Å²) in [4.78, 5) is 20.3.